The number of carbonyl (C=O) groups is 1. The summed E-state index contributed by atoms with van der Waals surface area (Å²) in [6.07, 6.45) is 1.98. The summed E-state index contributed by atoms with van der Waals surface area (Å²) in [6.45, 7) is -0.0399. The third kappa shape index (κ3) is 3.17. The van der Waals surface area contributed by atoms with Crippen molar-refractivity contribution < 1.29 is 15.1 Å². The molecule has 1 amide bonds. The molecule has 1 heterocycles. The van der Waals surface area contributed by atoms with Gasteiger partial charge in [-0.2, -0.15) is 0 Å². The molecule has 1 aromatic carbocycles. The number of hydrogen-bond donors (Lipinski definition) is 4. The predicted octanol–water partition coefficient (Wildman–Crippen LogP) is 1.41. The van der Waals surface area contributed by atoms with E-state index in [9.17, 15) is 4.79 Å². The molecule has 0 atom stereocenters. The number of H-pyrrole nitrogens is 1. The van der Waals surface area contributed by atoms with E-state index in [0.717, 1.165) is 20.9 Å². The summed E-state index contributed by atoms with van der Waals surface area (Å²) in [5, 5.41) is 24.1. The lowest BCUT2D eigenvalue weighted by Crippen LogP contribution is -2.34. The Morgan fingerprint density at radius 2 is 2.25 bits per heavy atom. The molecule has 20 heavy (non-hydrogen) atoms. The van der Waals surface area contributed by atoms with E-state index < -0.39 is 5.91 Å². The lowest BCUT2D eigenvalue weighted by Gasteiger charge is -2.05. The van der Waals surface area contributed by atoms with Crippen LogP contribution in [-0.4, -0.2) is 40.1 Å². The minimum atomic E-state index is -0.495. The first-order chi connectivity index (χ1) is 9.65. The molecule has 7 heteroatoms. The van der Waals surface area contributed by atoms with Crippen molar-refractivity contribution in [2.45, 2.75) is 6.42 Å². The van der Waals surface area contributed by atoms with Gasteiger partial charge in [-0.15, -0.1) is 0 Å². The minimum absolute atomic E-state index is 0.000625. The number of fused-ring (bicyclic) bond motifs is 1. The standard InChI is InChI=1S/C13H14BrN3O3/c14-9-1-2-11-10(6-9)8(7-16-11)5-12(17-20)13(19)15-3-4-18/h1-2,6-7,16,18,20H,3-5H2,(H,15,19)/b17-12+. The van der Waals surface area contributed by atoms with E-state index in [0.29, 0.717) is 0 Å². The summed E-state index contributed by atoms with van der Waals surface area (Å²) in [6, 6.07) is 5.77. The van der Waals surface area contributed by atoms with Gasteiger partial charge in [0.2, 0.25) is 0 Å². The maximum absolute atomic E-state index is 11.7. The van der Waals surface area contributed by atoms with Crippen molar-refractivity contribution in [3.63, 3.8) is 0 Å². The maximum atomic E-state index is 11.7. The summed E-state index contributed by atoms with van der Waals surface area (Å²) in [7, 11) is 0. The molecule has 6 nitrogen and oxygen atoms in total. The van der Waals surface area contributed by atoms with Crippen LogP contribution in [-0.2, 0) is 11.2 Å². The normalized spacial score (nSPS) is 11.8. The predicted molar refractivity (Wildman–Crippen MR) is 79.0 cm³/mol. The number of rotatable bonds is 5. The van der Waals surface area contributed by atoms with Crippen molar-refractivity contribution in [2.75, 3.05) is 13.2 Å². The second-order valence-corrected chi connectivity index (χ2v) is 5.12. The molecule has 0 unspecified atom stereocenters. The van der Waals surface area contributed by atoms with Crippen LogP contribution in [0.5, 0.6) is 0 Å². The third-order valence-corrected chi connectivity index (χ3v) is 3.36. The average molecular weight is 340 g/mol. The number of hydrogen-bond acceptors (Lipinski definition) is 4. The number of amides is 1. The fraction of sp³-hybridized carbons (Fsp3) is 0.231. The van der Waals surface area contributed by atoms with E-state index >= 15 is 0 Å². The van der Waals surface area contributed by atoms with Gasteiger partial charge in [-0.05, 0) is 23.8 Å². The zero-order valence-electron chi connectivity index (χ0n) is 10.6. The van der Waals surface area contributed by atoms with Crippen molar-refractivity contribution in [3.8, 4) is 0 Å². The van der Waals surface area contributed by atoms with E-state index in [1.54, 1.807) is 6.20 Å². The molecule has 1 aromatic heterocycles. The second kappa shape index (κ2) is 6.53. The van der Waals surface area contributed by atoms with Gasteiger partial charge < -0.3 is 20.6 Å². The zero-order chi connectivity index (χ0) is 14.5. The van der Waals surface area contributed by atoms with Crippen LogP contribution in [0.1, 0.15) is 5.56 Å². The van der Waals surface area contributed by atoms with Crippen LogP contribution in [0.25, 0.3) is 10.9 Å². The number of aliphatic hydroxyl groups excluding tert-OH is 1. The van der Waals surface area contributed by atoms with Gasteiger partial charge in [-0.3, -0.25) is 4.79 Å². The first-order valence-corrected chi connectivity index (χ1v) is 6.80. The Bertz CT molecular complexity index is 651. The molecule has 106 valence electrons. The number of nitrogens with zero attached hydrogens (tertiary/aromatic N) is 1. The number of nitrogens with one attached hydrogen (secondary N) is 2. The Morgan fingerprint density at radius 1 is 1.45 bits per heavy atom. The highest BCUT2D eigenvalue weighted by Gasteiger charge is 2.15. The molecule has 0 aliphatic carbocycles. The van der Waals surface area contributed by atoms with Gasteiger partial charge in [-0.1, -0.05) is 21.1 Å². The zero-order valence-corrected chi connectivity index (χ0v) is 12.1. The van der Waals surface area contributed by atoms with Gasteiger partial charge in [0.05, 0.1) is 6.61 Å². The van der Waals surface area contributed by atoms with E-state index in [4.69, 9.17) is 10.3 Å². The molecule has 0 saturated heterocycles. The number of aliphatic hydroxyl groups is 1. The SMILES string of the molecule is O=C(NCCO)/C(Cc1c[nH]c2ccc(Br)cc12)=N/O. The fourth-order valence-electron chi connectivity index (χ4n) is 1.91. The van der Waals surface area contributed by atoms with E-state index in [2.05, 4.69) is 31.4 Å². The maximum Gasteiger partial charge on any atom is 0.269 e. The van der Waals surface area contributed by atoms with Gasteiger partial charge in [0.25, 0.3) is 5.91 Å². The molecule has 0 radical (unpaired) electrons. The first kappa shape index (κ1) is 14.5. The van der Waals surface area contributed by atoms with E-state index in [1.165, 1.54) is 0 Å². The van der Waals surface area contributed by atoms with Gasteiger partial charge in [0.1, 0.15) is 5.71 Å². The Kier molecular flexibility index (Phi) is 4.75. The highest BCUT2D eigenvalue weighted by Crippen LogP contribution is 2.23. The van der Waals surface area contributed by atoms with E-state index in [1.807, 2.05) is 18.2 Å². The van der Waals surface area contributed by atoms with Gasteiger partial charge >= 0.3 is 0 Å². The molecule has 0 saturated carbocycles. The summed E-state index contributed by atoms with van der Waals surface area (Å²) in [5.74, 6) is -0.495. The van der Waals surface area contributed by atoms with Crippen molar-refractivity contribution in [2.24, 2.45) is 5.16 Å². The number of halogens is 1. The molecule has 0 spiro atoms. The topological polar surface area (TPSA) is 97.7 Å². The van der Waals surface area contributed by atoms with Crippen LogP contribution >= 0.6 is 15.9 Å². The number of oxime groups is 1. The van der Waals surface area contributed by atoms with E-state index in [-0.39, 0.29) is 25.3 Å². The summed E-state index contributed by atoms with van der Waals surface area (Å²) in [4.78, 5) is 14.8. The smallest absolute Gasteiger partial charge is 0.269 e. The van der Waals surface area contributed by atoms with Gasteiger partial charge in [0, 0.05) is 34.5 Å². The molecule has 0 bridgehead atoms. The van der Waals surface area contributed by atoms with Crippen LogP contribution in [0, 0.1) is 0 Å². The molecule has 0 aliphatic rings. The summed E-state index contributed by atoms with van der Waals surface area (Å²) < 4.78 is 0.929. The van der Waals surface area contributed by atoms with Crippen molar-refractivity contribution >= 4 is 38.5 Å². The number of carbonyl (C=O) groups excluding carboxylic acids is 1. The first-order valence-electron chi connectivity index (χ1n) is 6.01. The molecule has 2 aromatic rings. The highest BCUT2D eigenvalue weighted by molar-refractivity contribution is 9.10. The second-order valence-electron chi connectivity index (χ2n) is 4.21. The number of aromatic nitrogens is 1. The number of benzene rings is 1. The quantitative estimate of drug-likeness (QED) is 0.376. The lowest BCUT2D eigenvalue weighted by molar-refractivity contribution is -0.115. The van der Waals surface area contributed by atoms with Gasteiger partial charge in [-0.25, -0.2) is 0 Å². The summed E-state index contributed by atoms with van der Waals surface area (Å²) in [5.41, 5.74) is 1.80. The van der Waals surface area contributed by atoms with Crippen LogP contribution in [0.15, 0.2) is 34.0 Å². The third-order valence-electron chi connectivity index (χ3n) is 2.87. The van der Waals surface area contributed by atoms with Crippen molar-refractivity contribution in [1.29, 1.82) is 0 Å². The van der Waals surface area contributed by atoms with Crippen LogP contribution in [0.4, 0.5) is 0 Å². The molecular formula is C13H14BrN3O3. The summed E-state index contributed by atoms with van der Waals surface area (Å²) >= 11 is 3.40. The average Bonchev–Trinajstić information content (AvgIpc) is 2.84. The monoisotopic (exact) mass is 339 g/mol. The molecule has 0 fully saturated rings. The Morgan fingerprint density at radius 3 is 2.95 bits per heavy atom. The fourth-order valence-corrected chi connectivity index (χ4v) is 2.27. The molecule has 2 rings (SSSR count). The largest absolute Gasteiger partial charge is 0.410 e. The number of aromatic amines is 1. The molecule has 4 N–H and O–H groups in total. The van der Waals surface area contributed by atoms with Crippen molar-refractivity contribution in [1.82, 2.24) is 10.3 Å². The van der Waals surface area contributed by atoms with Crippen LogP contribution in [0.3, 0.4) is 0 Å². The highest BCUT2D eigenvalue weighted by atomic mass is 79.9. The van der Waals surface area contributed by atoms with Crippen LogP contribution < -0.4 is 5.32 Å². The molecule has 0 aliphatic heterocycles. The minimum Gasteiger partial charge on any atom is -0.410 e. The van der Waals surface area contributed by atoms with Crippen molar-refractivity contribution in [3.05, 3.63) is 34.4 Å². The lowest BCUT2D eigenvalue weighted by atomic mass is 10.1. The molecular weight excluding hydrogens is 326 g/mol. The Balaban J connectivity index is 2.22. The van der Waals surface area contributed by atoms with Crippen LogP contribution in [0.2, 0.25) is 0 Å². The Hall–Kier alpha value is -1.86. The van der Waals surface area contributed by atoms with Gasteiger partial charge in [0.15, 0.2) is 0 Å². The Labute approximate surface area is 123 Å².